The fourth-order valence-corrected chi connectivity index (χ4v) is 4.76. The first-order valence-corrected chi connectivity index (χ1v) is 10.9. The number of carbonyl (C=O) groups is 2. The van der Waals surface area contributed by atoms with E-state index >= 15 is 0 Å². The number of rotatable bonds is 4. The molecule has 4 aromatic rings. The summed E-state index contributed by atoms with van der Waals surface area (Å²) < 4.78 is 6.94. The maximum Gasteiger partial charge on any atom is 0.301 e. The van der Waals surface area contributed by atoms with Crippen LogP contribution in [0, 0.1) is 13.8 Å². The van der Waals surface area contributed by atoms with Gasteiger partial charge in [-0.05, 0) is 43.7 Å². The molecule has 1 atom stereocenters. The maximum absolute atomic E-state index is 13.3. The third kappa shape index (κ3) is 3.26. The zero-order chi connectivity index (χ0) is 23.3. The van der Waals surface area contributed by atoms with Crippen LogP contribution in [0.2, 0.25) is 0 Å². The number of ether oxygens (including phenoxy) is 1. The number of hydrogen-bond acceptors (Lipinski definition) is 8. The molecular formula is C23H19N5O4S. The van der Waals surface area contributed by atoms with Gasteiger partial charge in [-0.3, -0.25) is 18.9 Å². The molecule has 0 aliphatic carbocycles. The number of Topliss-reactive ketones (excluding diaryl/α,β-unsaturated/α-hetero) is 1. The lowest BCUT2D eigenvalue weighted by molar-refractivity contribution is -0.132. The Hall–Kier alpha value is -4.05. The minimum Gasteiger partial charge on any atom is -0.505 e. The molecule has 1 saturated heterocycles. The molecule has 33 heavy (non-hydrogen) atoms. The Morgan fingerprint density at radius 3 is 2.52 bits per heavy atom. The molecule has 3 aromatic heterocycles. The molecule has 4 heterocycles. The number of ketones is 1. The van der Waals surface area contributed by atoms with Crippen molar-refractivity contribution in [3.8, 4) is 5.75 Å². The Morgan fingerprint density at radius 1 is 1.09 bits per heavy atom. The van der Waals surface area contributed by atoms with Crippen molar-refractivity contribution in [1.82, 2.24) is 19.6 Å². The van der Waals surface area contributed by atoms with Crippen molar-refractivity contribution in [2.45, 2.75) is 19.9 Å². The van der Waals surface area contributed by atoms with E-state index in [0.717, 1.165) is 0 Å². The molecule has 1 fully saturated rings. The highest BCUT2D eigenvalue weighted by Crippen LogP contribution is 2.43. The zero-order valence-corrected chi connectivity index (χ0v) is 18.8. The number of fused-ring (bicyclic) bond motifs is 1. The van der Waals surface area contributed by atoms with Gasteiger partial charge >= 0.3 is 5.91 Å². The highest BCUT2D eigenvalue weighted by Gasteiger charge is 2.48. The van der Waals surface area contributed by atoms with Gasteiger partial charge in [0, 0.05) is 6.20 Å². The van der Waals surface area contributed by atoms with Gasteiger partial charge in [0.05, 0.1) is 24.4 Å². The number of aryl methyl sites for hydroxylation is 2. The number of pyridine rings is 1. The molecule has 166 valence electrons. The summed E-state index contributed by atoms with van der Waals surface area (Å²) in [5.41, 5.74) is 2.09. The number of aliphatic hydroxyl groups is 1. The number of carbonyl (C=O) groups excluding carboxylic acids is 2. The normalized spacial score (nSPS) is 17.8. The summed E-state index contributed by atoms with van der Waals surface area (Å²) in [5.74, 6) is -1.25. The minimum atomic E-state index is -0.892. The van der Waals surface area contributed by atoms with Crippen molar-refractivity contribution in [1.29, 1.82) is 0 Å². The molecule has 0 bridgehead atoms. The van der Waals surface area contributed by atoms with Crippen molar-refractivity contribution in [2.75, 3.05) is 12.0 Å². The topological polar surface area (TPSA) is 110 Å². The van der Waals surface area contributed by atoms with Crippen molar-refractivity contribution >= 4 is 39.6 Å². The molecule has 1 aliphatic heterocycles. The lowest BCUT2D eigenvalue weighted by atomic mass is 9.96. The summed E-state index contributed by atoms with van der Waals surface area (Å²) in [7, 11) is 1.55. The molecule has 10 heteroatoms. The number of anilines is 1. The van der Waals surface area contributed by atoms with Gasteiger partial charge in [0.1, 0.15) is 22.1 Å². The molecule has 0 saturated carbocycles. The second kappa shape index (κ2) is 7.82. The fraction of sp³-hybridized carbons (Fsp3) is 0.174. The standard InChI is InChI=1S/C23H19N5O4S/c1-12-18(27-11-5-4-6-16(27)24-12)20(29)17-19(14-7-9-15(32-3)10-8-14)28(22(31)21(17)30)23-26-25-13(2)33-23/h4-11,19,29H,1-3H3. The lowest BCUT2D eigenvalue weighted by Crippen LogP contribution is -2.29. The van der Waals surface area contributed by atoms with E-state index in [9.17, 15) is 14.7 Å². The first-order chi connectivity index (χ1) is 15.9. The average molecular weight is 462 g/mol. The van der Waals surface area contributed by atoms with E-state index in [0.29, 0.717) is 33.4 Å². The largest absolute Gasteiger partial charge is 0.505 e. The van der Waals surface area contributed by atoms with E-state index in [2.05, 4.69) is 15.2 Å². The number of amides is 1. The lowest BCUT2D eigenvalue weighted by Gasteiger charge is -2.22. The molecule has 0 radical (unpaired) electrons. The molecule has 1 unspecified atom stereocenters. The van der Waals surface area contributed by atoms with Crippen LogP contribution >= 0.6 is 11.3 Å². The van der Waals surface area contributed by atoms with Gasteiger partial charge in [0.15, 0.2) is 5.76 Å². The highest BCUT2D eigenvalue weighted by molar-refractivity contribution is 7.15. The van der Waals surface area contributed by atoms with Gasteiger partial charge in [-0.2, -0.15) is 0 Å². The van der Waals surface area contributed by atoms with Crippen LogP contribution in [0.25, 0.3) is 11.4 Å². The third-order valence-electron chi connectivity index (χ3n) is 5.53. The van der Waals surface area contributed by atoms with Crippen molar-refractivity contribution in [3.63, 3.8) is 0 Å². The van der Waals surface area contributed by atoms with Crippen LogP contribution < -0.4 is 9.64 Å². The number of aromatic nitrogens is 4. The molecule has 1 N–H and O–H groups in total. The summed E-state index contributed by atoms with van der Waals surface area (Å²) in [4.78, 5) is 32.2. The van der Waals surface area contributed by atoms with Crippen LogP contribution in [-0.2, 0) is 9.59 Å². The summed E-state index contributed by atoms with van der Waals surface area (Å²) in [6.07, 6.45) is 1.75. The molecular weight excluding hydrogens is 442 g/mol. The van der Waals surface area contributed by atoms with Crippen LogP contribution in [0.4, 0.5) is 5.13 Å². The fourth-order valence-electron chi connectivity index (χ4n) is 4.04. The van der Waals surface area contributed by atoms with E-state index in [-0.39, 0.29) is 16.5 Å². The quantitative estimate of drug-likeness (QED) is 0.282. The van der Waals surface area contributed by atoms with Crippen molar-refractivity contribution < 1.29 is 19.4 Å². The van der Waals surface area contributed by atoms with Crippen LogP contribution in [0.1, 0.15) is 28.0 Å². The van der Waals surface area contributed by atoms with Crippen LogP contribution in [-0.4, -0.2) is 43.5 Å². The number of methoxy groups -OCH3 is 1. The average Bonchev–Trinajstić information content (AvgIpc) is 3.47. The molecule has 5 rings (SSSR count). The van der Waals surface area contributed by atoms with Gasteiger partial charge in [-0.15, -0.1) is 10.2 Å². The second-order valence-corrected chi connectivity index (χ2v) is 8.68. The Morgan fingerprint density at radius 2 is 1.85 bits per heavy atom. The van der Waals surface area contributed by atoms with Crippen LogP contribution in [0.3, 0.4) is 0 Å². The smallest absolute Gasteiger partial charge is 0.301 e. The Bertz CT molecular complexity index is 1440. The van der Waals surface area contributed by atoms with Gasteiger partial charge in [0.25, 0.3) is 5.78 Å². The predicted octanol–water partition coefficient (Wildman–Crippen LogP) is 3.44. The Balaban J connectivity index is 1.77. The van der Waals surface area contributed by atoms with Crippen molar-refractivity contribution in [2.24, 2.45) is 0 Å². The van der Waals surface area contributed by atoms with E-state index in [1.54, 1.807) is 68.0 Å². The monoisotopic (exact) mass is 461 g/mol. The molecule has 9 nitrogen and oxygen atoms in total. The molecule has 1 aliphatic rings. The number of hydrogen-bond donors (Lipinski definition) is 1. The van der Waals surface area contributed by atoms with E-state index in [1.165, 1.54) is 16.2 Å². The van der Waals surface area contributed by atoms with E-state index < -0.39 is 17.7 Å². The van der Waals surface area contributed by atoms with E-state index in [4.69, 9.17) is 4.74 Å². The summed E-state index contributed by atoms with van der Waals surface area (Å²) >= 11 is 1.20. The molecule has 0 spiro atoms. The first-order valence-electron chi connectivity index (χ1n) is 10.1. The summed E-state index contributed by atoms with van der Waals surface area (Å²) in [6.45, 7) is 3.51. The zero-order valence-electron chi connectivity index (χ0n) is 18.0. The molecule has 1 aromatic carbocycles. The number of benzene rings is 1. The highest BCUT2D eigenvalue weighted by atomic mass is 32.1. The molecule has 1 amide bonds. The maximum atomic E-state index is 13.3. The first kappa shape index (κ1) is 20.8. The van der Waals surface area contributed by atoms with Gasteiger partial charge in [0.2, 0.25) is 5.13 Å². The summed E-state index contributed by atoms with van der Waals surface area (Å²) in [5, 5.41) is 20.5. The van der Waals surface area contributed by atoms with Crippen molar-refractivity contribution in [3.05, 3.63) is 76.2 Å². The number of nitrogens with zero attached hydrogens (tertiary/aromatic N) is 5. The predicted molar refractivity (Wildman–Crippen MR) is 122 cm³/mol. The SMILES string of the molecule is COc1ccc(C2C(=C(O)c3c(C)nc4ccccn34)C(=O)C(=O)N2c2nnc(C)s2)cc1. The van der Waals surface area contributed by atoms with Gasteiger partial charge in [-0.1, -0.05) is 29.5 Å². The number of aliphatic hydroxyl groups excluding tert-OH is 1. The van der Waals surface area contributed by atoms with Gasteiger partial charge < -0.3 is 9.84 Å². The minimum absolute atomic E-state index is 0.0354. The third-order valence-corrected chi connectivity index (χ3v) is 6.36. The van der Waals surface area contributed by atoms with E-state index in [1.807, 2.05) is 6.07 Å². The second-order valence-electron chi connectivity index (χ2n) is 7.52. The van der Waals surface area contributed by atoms with Crippen LogP contribution in [0.15, 0.2) is 54.2 Å². The van der Waals surface area contributed by atoms with Gasteiger partial charge in [-0.25, -0.2) is 4.98 Å². The number of imidazole rings is 1. The Labute approximate surface area is 192 Å². The Kier molecular flexibility index (Phi) is 4.94. The summed E-state index contributed by atoms with van der Waals surface area (Å²) in [6, 6.07) is 11.5. The van der Waals surface area contributed by atoms with Crippen LogP contribution in [0.5, 0.6) is 5.75 Å².